The molecule has 0 radical (unpaired) electrons. The molecule has 0 saturated heterocycles. The van der Waals surface area contributed by atoms with E-state index in [1.54, 1.807) is 54.6 Å². The number of aromatic nitrogens is 2. The van der Waals surface area contributed by atoms with Gasteiger partial charge in [-0.15, -0.1) is 0 Å². The van der Waals surface area contributed by atoms with Crippen LogP contribution in [0.4, 0.5) is 5.82 Å². The SMILES string of the molecule is C=CCOc1ccc(C(=O)Nc2nonc2-c2ccc(Cl)cc2)cc1. The Balaban J connectivity index is 1.74. The summed E-state index contributed by atoms with van der Waals surface area (Å²) >= 11 is 5.88. The smallest absolute Gasteiger partial charge is 0.256 e. The zero-order valence-corrected chi connectivity index (χ0v) is 13.9. The molecule has 0 aliphatic rings. The fourth-order valence-electron chi connectivity index (χ4n) is 2.11. The number of rotatable bonds is 6. The van der Waals surface area contributed by atoms with Crippen LogP contribution >= 0.6 is 11.6 Å². The van der Waals surface area contributed by atoms with E-state index in [2.05, 4.69) is 22.2 Å². The fourth-order valence-corrected chi connectivity index (χ4v) is 2.23. The molecule has 0 aliphatic heterocycles. The molecule has 1 N–H and O–H groups in total. The van der Waals surface area contributed by atoms with Gasteiger partial charge in [0.05, 0.1) is 0 Å². The summed E-state index contributed by atoms with van der Waals surface area (Å²) in [5, 5.41) is 10.9. The van der Waals surface area contributed by atoms with Gasteiger partial charge in [-0.1, -0.05) is 36.4 Å². The van der Waals surface area contributed by atoms with E-state index in [9.17, 15) is 4.79 Å². The van der Waals surface area contributed by atoms with E-state index >= 15 is 0 Å². The molecule has 1 aromatic heterocycles. The van der Waals surface area contributed by atoms with E-state index in [4.69, 9.17) is 21.0 Å². The molecule has 0 saturated carbocycles. The second kappa shape index (κ2) is 7.63. The number of hydrogen-bond acceptors (Lipinski definition) is 5. The van der Waals surface area contributed by atoms with Crippen LogP contribution in [0.1, 0.15) is 10.4 Å². The zero-order chi connectivity index (χ0) is 17.6. The average Bonchev–Trinajstić information content (AvgIpc) is 3.09. The number of halogens is 1. The maximum atomic E-state index is 12.4. The number of carbonyl (C=O) groups excluding carboxylic acids is 1. The van der Waals surface area contributed by atoms with Gasteiger partial charge in [0.2, 0.25) is 5.82 Å². The lowest BCUT2D eigenvalue weighted by Gasteiger charge is -2.06. The summed E-state index contributed by atoms with van der Waals surface area (Å²) in [6.07, 6.45) is 1.65. The minimum absolute atomic E-state index is 0.235. The number of benzene rings is 2. The Morgan fingerprint density at radius 2 is 1.88 bits per heavy atom. The van der Waals surface area contributed by atoms with Gasteiger partial charge in [0.15, 0.2) is 5.69 Å². The van der Waals surface area contributed by atoms with Crippen molar-refractivity contribution in [3.8, 4) is 17.0 Å². The van der Waals surface area contributed by atoms with Crippen molar-refractivity contribution in [3.05, 3.63) is 71.8 Å². The first kappa shape index (κ1) is 16.7. The number of carbonyl (C=O) groups is 1. The van der Waals surface area contributed by atoms with Gasteiger partial charge < -0.3 is 10.1 Å². The Labute approximate surface area is 149 Å². The van der Waals surface area contributed by atoms with E-state index in [-0.39, 0.29) is 11.7 Å². The molecular weight excluding hydrogens is 342 g/mol. The molecule has 0 aliphatic carbocycles. The first-order valence-electron chi connectivity index (χ1n) is 7.41. The van der Waals surface area contributed by atoms with Crippen LogP contribution < -0.4 is 10.1 Å². The van der Waals surface area contributed by atoms with E-state index in [1.165, 1.54) is 0 Å². The highest BCUT2D eigenvalue weighted by atomic mass is 35.5. The van der Waals surface area contributed by atoms with Crippen molar-refractivity contribution >= 4 is 23.3 Å². The highest BCUT2D eigenvalue weighted by Gasteiger charge is 2.16. The van der Waals surface area contributed by atoms with Gasteiger partial charge in [-0.2, -0.15) is 0 Å². The van der Waals surface area contributed by atoms with Crippen LogP contribution in [-0.4, -0.2) is 22.8 Å². The molecule has 3 rings (SSSR count). The van der Waals surface area contributed by atoms with Crippen molar-refractivity contribution in [2.75, 3.05) is 11.9 Å². The third kappa shape index (κ3) is 4.05. The third-order valence-electron chi connectivity index (χ3n) is 3.32. The summed E-state index contributed by atoms with van der Waals surface area (Å²) < 4.78 is 10.1. The van der Waals surface area contributed by atoms with Crippen LogP contribution in [0.2, 0.25) is 5.02 Å². The Hall–Kier alpha value is -3.12. The number of nitrogens with one attached hydrogen (secondary N) is 1. The molecule has 25 heavy (non-hydrogen) atoms. The number of ether oxygens (including phenoxy) is 1. The van der Waals surface area contributed by atoms with Crippen molar-refractivity contribution in [1.82, 2.24) is 10.3 Å². The van der Waals surface area contributed by atoms with Crippen LogP contribution in [0, 0.1) is 0 Å². The minimum atomic E-state index is -0.332. The van der Waals surface area contributed by atoms with Crippen LogP contribution in [0.25, 0.3) is 11.3 Å². The van der Waals surface area contributed by atoms with E-state index in [0.717, 1.165) is 5.56 Å². The molecule has 1 heterocycles. The largest absolute Gasteiger partial charge is 0.490 e. The molecule has 0 atom stereocenters. The van der Waals surface area contributed by atoms with Crippen molar-refractivity contribution in [2.24, 2.45) is 0 Å². The maximum Gasteiger partial charge on any atom is 0.256 e. The standard InChI is InChI=1S/C18H14ClN3O3/c1-2-11-24-15-9-5-13(6-10-15)18(23)20-17-16(21-25-22-17)12-3-7-14(19)8-4-12/h2-10H,1,11H2,(H,20,22,23). The highest BCUT2D eigenvalue weighted by molar-refractivity contribution is 6.30. The second-order valence-corrected chi connectivity index (χ2v) is 5.48. The summed E-state index contributed by atoms with van der Waals surface area (Å²) in [5.74, 6) is 0.557. The second-order valence-electron chi connectivity index (χ2n) is 5.05. The number of nitrogens with zero attached hydrogens (tertiary/aromatic N) is 2. The lowest BCUT2D eigenvalue weighted by molar-refractivity contribution is 0.102. The van der Waals surface area contributed by atoms with E-state index < -0.39 is 0 Å². The molecule has 6 nitrogen and oxygen atoms in total. The van der Waals surface area contributed by atoms with Crippen LogP contribution in [0.15, 0.2) is 65.8 Å². The maximum absolute atomic E-state index is 12.4. The third-order valence-corrected chi connectivity index (χ3v) is 3.57. The van der Waals surface area contributed by atoms with Gasteiger partial charge in [0.1, 0.15) is 12.4 Å². The first-order chi connectivity index (χ1) is 12.2. The number of hydrogen-bond donors (Lipinski definition) is 1. The predicted octanol–water partition coefficient (Wildman–Crippen LogP) is 4.21. The molecule has 126 valence electrons. The molecule has 0 fully saturated rings. The van der Waals surface area contributed by atoms with Gasteiger partial charge in [0.25, 0.3) is 5.91 Å². The molecule has 0 bridgehead atoms. The van der Waals surface area contributed by atoms with E-state index in [1.807, 2.05) is 0 Å². The van der Waals surface area contributed by atoms with Gasteiger partial charge in [-0.05, 0) is 46.7 Å². The molecule has 2 aromatic carbocycles. The Morgan fingerprint density at radius 1 is 1.16 bits per heavy atom. The van der Waals surface area contributed by atoms with Crippen molar-refractivity contribution in [2.45, 2.75) is 0 Å². The lowest BCUT2D eigenvalue weighted by atomic mass is 10.1. The van der Waals surface area contributed by atoms with Crippen LogP contribution in [-0.2, 0) is 0 Å². The molecular formula is C18H14ClN3O3. The Bertz CT molecular complexity index is 873. The summed E-state index contributed by atoms with van der Waals surface area (Å²) in [5.41, 5.74) is 1.61. The molecule has 3 aromatic rings. The Morgan fingerprint density at radius 3 is 2.56 bits per heavy atom. The fraction of sp³-hybridized carbons (Fsp3) is 0.0556. The lowest BCUT2D eigenvalue weighted by Crippen LogP contribution is -2.12. The van der Waals surface area contributed by atoms with Crippen molar-refractivity contribution in [1.29, 1.82) is 0 Å². The average molecular weight is 356 g/mol. The minimum Gasteiger partial charge on any atom is -0.490 e. The molecule has 1 amide bonds. The van der Waals surface area contributed by atoms with Crippen molar-refractivity contribution in [3.63, 3.8) is 0 Å². The Kier molecular flexibility index (Phi) is 5.11. The van der Waals surface area contributed by atoms with Crippen molar-refractivity contribution < 1.29 is 14.2 Å². The van der Waals surface area contributed by atoms with Crippen LogP contribution in [0.5, 0.6) is 5.75 Å². The summed E-state index contributed by atoms with van der Waals surface area (Å²) in [6.45, 7) is 3.99. The highest BCUT2D eigenvalue weighted by Crippen LogP contribution is 2.26. The van der Waals surface area contributed by atoms with Gasteiger partial charge in [0, 0.05) is 16.1 Å². The topological polar surface area (TPSA) is 77.2 Å². The summed E-state index contributed by atoms with van der Waals surface area (Å²) in [7, 11) is 0. The molecule has 0 spiro atoms. The zero-order valence-electron chi connectivity index (χ0n) is 13.1. The van der Waals surface area contributed by atoms with Crippen LogP contribution in [0.3, 0.4) is 0 Å². The quantitative estimate of drug-likeness (QED) is 0.670. The number of anilines is 1. The molecule has 7 heteroatoms. The monoisotopic (exact) mass is 355 g/mol. The summed E-state index contributed by atoms with van der Waals surface area (Å²) in [6, 6.07) is 13.7. The normalized spacial score (nSPS) is 10.3. The summed E-state index contributed by atoms with van der Waals surface area (Å²) in [4.78, 5) is 12.4. The van der Waals surface area contributed by atoms with Gasteiger partial charge in [-0.25, -0.2) is 4.63 Å². The first-order valence-corrected chi connectivity index (χ1v) is 7.79. The van der Waals surface area contributed by atoms with Gasteiger partial charge >= 0.3 is 0 Å². The molecule has 0 unspecified atom stereocenters. The predicted molar refractivity (Wildman–Crippen MR) is 94.8 cm³/mol. The van der Waals surface area contributed by atoms with E-state index in [0.29, 0.717) is 28.6 Å². The number of amides is 1. The van der Waals surface area contributed by atoms with Gasteiger partial charge in [-0.3, -0.25) is 4.79 Å².